The van der Waals surface area contributed by atoms with Crippen molar-refractivity contribution in [3.05, 3.63) is 0 Å². The van der Waals surface area contributed by atoms with E-state index in [0.717, 1.165) is 0 Å². The monoisotopic (exact) mass is 344 g/mol. The van der Waals surface area contributed by atoms with Gasteiger partial charge in [0.05, 0.1) is 19.8 Å². The van der Waals surface area contributed by atoms with E-state index in [4.69, 9.17) is 50.7 Å². The molecule has 11 heteroatoms. The van der Waals surface area contributed by atoms with Gasteiger partial charge in [-0.15, -0.1) is 0 Å². The third kappa shape index (κ3) is 6.73. The van der Waals surface area contributed by atoms with Gasteiger partial charge in [-0.3, -0.25) is 0 Å². The lowest BCUT2D eigenvalue weighted by molar-refractivity contribution is -0.136. The molecule has 0 aromatic heterocycles. The Hall–Kier alpha value is -0.730. The SMILES string of the molecule is O=C[C@H](O)[C@@H](O)[C@H](O)[C@H](O)CO.OC[C@@H](O)[C@H]1OC[C@H](O)[C@H]1O. The van der Waals surface area contributed by atoms with Crippen molar-refractivity contribution in [3.8, 4) is 0 Å². The summed E-state index contributed by atoms with van der Waals surface area (Å²) < 4.78 is 4.82. The summed E-state index contributed by atoms with van der Waals surface area (Å²) in [5.74, 6) is 0. The second-order valence-electron chi connectivity index (χ2n) is 4.96. The van der Waals surface area contributed by atoms with Gasteiger partial charge in [-0.2, -0.15) is 0 Å². The first kappa shape index (κ1) is 22.3. The summed E-state index contributed by atoms with van der Waals surface area (Å²) in [6.45, 7) is -1.23. The van der Waals surface area contributed by atoms with Crippen LogP contribution in [0.5, 0.6) is 0 Å². The molecule has 1 aliphatic heterocycles. The van der Waals surface area contributed by atoms with Gasteiger partial charge in [-0.1, -0.05) is 0 Å². The van der Waals surface area contributed by atoms with Crippen molar-refractivity contribution in [2.45, 2.75) is 48.8 Å². The van der Waals surface area contributed by atoms with E-state index in [9.17, 15) is 4.79 Å². The normalized spacial score (nSPS) is 30.6. The summed E-state index contributed by atoms with van der Waals surface area (Å²) in [6, 6.07) is 0. The van der Waals surface area contributed by atoms with Crippen LogP contribution in [-0.4, -0.2) is 121 Å². The fraction of sp³-hybridized carbons (Fsp3) is 0.917. The Morgan fingerprint density at radius 3 is 1.91 bits per heavy atom. The molecule has 11 nitrogen and oxygen atoms in total. The Bertz CT molecular complexity index is 328. The zero-order chi connectivity index (χ0) is 18.2. The minimum atomic E-state index is -1.79. The van der Waals surface area contributed by atoms with Crippen LogP contribution < -0.4 is 0 Å². The zero-order valence-corrected chi connectivity index (χ0v) is 12.2. The molecule has 138 valence electrons. The molecule has 1 fully saturated rings. The molecule has 1 aliphatic rings. The molecule has 0 aliphatic carbocycles. The fourth-order valence-electron chi connectivity index (χ4n) is 1.69. The van der Waals surface area contributed by atoms with E-state index in [1.807, 2.05) is 0 Å². The first-order valence-corrected chi connectivity index (χ1v) is 6.76. The Morgan fingerprint density at radius 2 is 1.57 bits per heavy atom. The van der Waals surface area contributed by atoms with E-state index in [0.29, 0.717) is 0 Å². The molecule has 0 unspecified atom stereocenters. The van der Waals surface area contributed by atoms with Gasteiger partial charge in [-0.05, 0) is 0 Å². The number of ether oxygens (including phenoxy) is 1. The van der Waals surface area contributed by atoms with E-state index in [1.165, 1.54) is 0 Å². The van der Waals surface area contributed by atoms with Crippen LogP contribution in [0.15, 0.2) is 0 Å². The van der Waals surface area contributed by atoms with E-state index >= 15 is 0 Å². The zero-order valence-electron chi connectivity index (χ0n) is 12.2. The summed E-state index contributed by atoms with van der Waals surface area (Å²) in [5.41, 5.74) is 0. The number of hydrogen-bond donors (Lipinski definition) is 9. The standard InChI is InChI=1S/C6H12O6.C6H12O5/c7-1-3(9)5(11)6(12)4(10)2-8;7-1-3(8)6-5(10)4(9)2-11-6/h1,3-6,8-12H,2H2;3-10H,1-2H2/t3-,4+,5+,6+;3-,4+,5-,6-/m01/s1. The Labute approximate surface area is 131 Å². The highest BCUT2D eigenvalue weighted by atomic mass is 16.5. The van der Waals surface area contributed by atoms with Gasteiger partial charge in [0.2, 0.25) is 0 Å². The van der Waals surface area contributed by atoms with Crippen molar-refractivity contribution in [3.63, 3.8) is 0 Å². The van der Waals surface area contributed by atoms with Gasteiger partial charge in [0.15, 0.2) is 6.29 Å². The summed E-state index contributed by atoms with van der Waals surface area (Å²) >= 11 is 0. The number of aliphatic hydroxyl groups is 9. The highest BCUT2D eigenvalue weighted by Crippen LogP contribution is 2.16. The molecule has 1 rings (SSSR count). The third-order valence-corrected chi connectivity index (χ3v) is 3.18. The molecule has 0 saturated carbocycles. The van der Waals surface area contributed by atoms with Crippen molar-refractivity contribution in [1.82, 2.24) is 0 Å². The van der Waals surface area contributed by atoms with E-state index in [2.05, 4.69) is 0 Å². The second-order valence-corrected chi connectivity index (χ2v) is 4.96. The number of hydrogen-bond acceptors (Lipinski definition) is 11. The van der Waals surface area contributed by atoms with Crippen LogP contribution >= 0.6 is 0 Å². The van der Waals surface area contributed by atoms with Crippen molar-refractivity contribution < 1.29 is 55.5 Å². The number of carbonyl (C=O) groups excluding carboxylic acids is 1. The van der Waals surface area contributed by atoms with Gasteiger partial charge in [0.1, 0.15) is 48.8 Å². The molecule has 0 amide bonds. The Balaban J connectivity index is 0.000000422. The second kappa shape index (κ2) is 10.9. The maximum Gasteiger partial charge on any atom is 0.151 e. The van der Waals surface area contributed by atoms with Crippen molar-refractivity contribution in [1.29, 1.82) is 0 Å². The third-order valence-electron chi connectivity index (χ3n) is 3.18. The van der Waals surface area contributed by atoms with Crippen molar-refractivity contribution in [2.75, 3.05) is 19.8 Å². The Kier molecular flexibility index (Phi) is 10.6. The quantitative estimate of drug-likeness (QED) is 0.198. The highest BCUT2D eigenvalue weighted by Gasteiger charge is 2.38. The first-order valence-electron chi connectivity index (χ1n) is 6.76. The van der Waals surface area contributed by atoms with Crippen LogP contribution in [0.1, 0.15) is 0 Å². The van der Waals surface area contributed by atoms with Gasteiger partial charge in [0.25, 0.3) is 0 Å². The van der Waals surface area contributed by atoms with Crippen LogP contribution in [0.4, 0.5) is 0 Å². The molecule has 0 aromatic carbocycles. The fourth-order valence-corrected chi connectivity index (χ4v) is 1.69. The average Bonchev–Trinajstić information content (AvgIpc) is 2.91. The largest absolute Gasteiger partial charge is 0.394 e. The predicted molar refractivity (Wildman–Crippen MR) is 72.0 cm³/mol. The molecule has 8 atom stereocenters. The van der Waals surface area contributed by atoms with Crippen molar-refractivity contribution in [2.24, 2.45) is 0 Å². The molecular weight excluding hydrogens is 320 g/mol. The summed E-state index contributed by atoms with van der Waals surface area (Å²) in [7, 11) is 0. The molecule has 1 heterocycles. The van der Waals surface area contributed by atoms with E-state index < -0.39 is 62.0 Å². The molecule has 0 spiro atoms. The number of carbonyl (C=O) groups is 1. The molecular formula is C12H24O11. The first-order chi connectivity index (χ1) is 10.7. The number of aldehydes is 1. The van der Waals surface area contributed by atoms with Crippen LogP contribution in [0.25, 0.3) is 0 Å². The van der Waals surface area contributed by atoms with Gasteiger partial charge in [0, 0.05) is 0 Å². The molecule has 9 N–H and O–H groups in total. The summed E-state index contributed by atoms with van der Waals surface area (Å²) in [6.07, 6.45) is -10.9. The number of aliphatic hydroxyl groups excluding tert-OH is 9. The maximum atomic E-state index is 9.90. The summed E-state index contributed by atoms with van der Waals surface area (Å²) in [5, 5.41) is 79.1. The predicted octanol–water partition coefficient (Wildman–Crippen LogP) is -5.92. The molecule has 0 radical (unpaired) electrons. The minimum absolute atomic E-state index is 0.00287. The van der Waals surface area contributed by atoms with Gasteiger partial charge < -0.3 is 55.5 Å². The van der Waals surface area contributed by atoms with Crippen LogP contribution in [-0.2, 0) is 9.53 Å². The maximum absolute atomic E-state index is 9.90. The topological polar surface area (TPSA) is 208 Å². The van der Waals surface area contributed by atoms with Gasteiger partial charge in [-0.25, -0.2) is 0 Å². The lowest BCUT2D eigenvalue weighted by Gasteiger charge is -2.22. The van der Waals surface area contributed by atoms with Crippen LogP contribution in [0.3, 0.4) is 0 Å². The van der Waals surface area contributed by atoms with Crippen molar-refractivity contribution >= 4 is 6.29 Å². The van der Waals surface area contributed by atoms with E-state index in [-0.39, 0.29) is 12.9 Å². The molecule has 0 aromatic rings. The molecule has 1 saturated heterocycles. The Morgan fingerprint density at radius 1 is 1.00 bits per heavy atom. The smallest absolute Gasteiger partial charge is 0.151 e. The molecule has 23 heavy (non-hydrogen) atoms. The van der Waals surface area contributed by atoms with Crippen LogP contribution in [0.2, 0.25) is 0 Å². The minimum Gasteiger partial charge on any atom is -0.394 e. The lowest BCUT2D eigenvalue weighted by atomic mass is 10.0. The average molecular weight is 344 g/mol. The highest BCUT2D eigenvalue weighted by molar-refractivity contribution is 5.56. The number of rotatable bonds is 7. The van der Waals surface area contributed by atoms with Crippen LogP contribution in [0, 0.1) is 0 Å². The van der Waals surface area contributed by atoms with E-state index in [1.54, 1.807) is 0 Å². The summed E-state index contributed by atoms with van der Waals surface area (Å²) in [4.78, 5) is 9.90. The lowest BCUT2D eigenvalue weighted by Crippen LogP contribution is -2.46. The van der Waals surface area contributed by atoms with Gasteiger partial charge >= 0.3 is 0 Å². The molecule has 0 bridgehead atoms.